The summed E-state index contributed by atoms with van der Waals surface area (Å²) in [5, 5.41) is 4.00. The second kappa shape index (κ2) is 4.18. The standard InChI is InChI=1S/C14H19N3O2S/c1-16-9-14(8-15-16)20(18,19)17-12-4-5-13(17)7-11(6-12)10-2-3-10/h8-9,12-13H,2-7H2,1H3. The number of aromatic nitrogens is 2. The van der Waals surface area contributed by atoms with Crippen LogP contribution >= 0.6 is 0 Å². The number of fused-ring (bicyclic) bond motifs is 2. The molecule has 3 aliphatic rings. The van der Waals surface area contributed by atoms with E-state index >= 15 is 0 Å². The molecule has 1 saturated carbocycles. The zero-order valence-corrected chi connectivity index (χ0v) is 12.4. The van der Waals surface area contributed by atoms with Crippen molar-refractivity contribution in [3.05, 3.63) is 23.5 Å². The van der Waals surface area contributed by atoms with E-state index in [2.05, 4.69) is 5.10 Å². The molecule has 2 aliphatic heterocycles. The maximum atomic E-state index is 12.8. The average Bonchev–Trinajstić information content (AvgIpc) is 3.10. The van der Waals surface area contributed by atoms with Crippen LogP contribution in [0, 0.1) is 0 Å². The van der Waals surface area contributed by atoms with E-state index < -0.39 is 10.0 Å². The minimum absolute atomic E-state index is 0.169. The van der Waals surface area contributed by atoms with Gasteiger partial charge in [-0.05, 0) is 38.5 Å². The van der Waals surface area contributed by atoms with E-state index in [0.29, 0.717) is 4.90 Å². The Hall–Kier alpha value is -1.14. The topological polar surface area (TPSA) is 55.2 Å². The number of sulfonamides is 1. The van der Waals surface area contributed by atoms with Gasteiger partial charge in [0.1, 0.15) is 4.90 Å². The molecule has 1 aliphatic carbocycles. The van der Waals surface area contributed by atoms with Crippen molar-refractivity contribution in [1.29, 1.82) is 0 Å². The number of piperidine rings is 1. The summed E-state index contributed by atoms with van der Waals surface area (Å²) in [6.07, 6.45) is 9.44. The normalized spacial score (nSPS) is 30.1. The Kier molecular flexibility index (Phi) is 2.63. The Labute approximate surface area is 119 Å². The van der Waals surface area contributed by atoms with Crippen molar-refractivity contribution in [2.75, 3.05) is 0 Å². The smallest absolute Gasteiger partial charge is 0.246 e. The Morgan fingerprint density at radius 3 is 2.30 bits per heavy atom. The first kappa shape index (κ1) is 12.6. The molecule has 3 heterocycles. The molecule has 4 rings (SSSR count). The Bertz CT molecular complexity index is 667. The molecular formula is C14H19N3O2S. The SMILES string of the molecule is Cn1cc(S(=O)(=O)N2C3CCC2CC(=C2CC2)C3)cn1. The Balaban J connectivity index is 1.68. The summed E-state index contributed by atoms with van der Waals surface area (Å²) >= 11 is 0. The number of allylic oxidation sites excluding steroid dienone is 1. The highest BCUT2D eigenvalue weighted by Gasteiger charge is 2.46. The van der Waals surface area contributed by atoms with Gasteiger partial charge in [-0.3, -0.25) is 4.68 Å². The lowest BCUT2D eigenvalue weighted by Gasteiger charge is -2.34. The van der Waals surface area contributed by atoms with Gasteiger partial charge in [-0.1, -0.05) is 11.1 Å². The fraction of sp³-hybridized carbons (Fsp3) is 0.643. The number of hydrogen-bond acceptors (Lipinski definition) is 3. The number of rotatable bonds is 2. The van der Waals surface area contributed by atoms with Gasteiger partial charge in [0.25, 0.3) is 0 Å². The Morgan fingerprint density at radius 2 is 1.80 bits per heavy atom. The van der Waals surface area contributed by atoms with Gasteiger partial charge >= 0.3 is 0 Å². The third-order valence-corrected chi connectivity index (χ3v) is 6.73. The van der Waals surface area contributed by atoms with Gasteiger partial charge in [-0.15, -0.1) is 0 Å². The lowest BCUT2D eigenvalue weighted by Crippen LogP contribution is -2.44. The first-order chi connectivity index (χ1) is 9.55. The van der Waals surface area contributed by atoms with E-state index in [0.717, 1.165) is 25.7 Å². The van der Waals surface area contributed by atoms with Crippen LogP contribution in [-0.2, 0) is 17.1 Å². The summed E-state index contributed by atoms with van der Waals surface area (Å²) in [5.41, 5.74) is 3.15. The number of aryl methyl sites for hydroxylation is 1. The maximum absolute atomic E-state index is 12.8. The lowest BCUT2D eigenvalue weighted by molar-refractivity contribution is 0.284. The second-order valence-electron chi connectivity index (χ2n) is 6.19. The molecule has 0 radical (unpaired) electrons. The molecule has 5 nitrogen and oxygen atoms in total. The van der Waals surface area contributed by atoms with Gasteiger partial charge in [0.2, 0.25) is 10.0 Å². The molecule has 6 heteroatoms. The molecule has 2 unspecified atom stereocenters. The largest absolute Gasteiger partial charge is 0.274 e. The van der Waals surface area contributed by atoms with Gasteiger partial charge in [0.15, 0.2) is 0 Å². The third-order valence-electron chi connectivity index (χ3n) is 4.77. The summed E-state index contributed by atoms with van der Waals surface area (Å²) in [5.74, 6) is 0. The second-order valence-corrected chi connectivity index (χ2v) is 8.03. The van der Waals surface area contributed by atoms with Crippen LogP contribution in [0.5, 0.6) is 0 Å². The molecule has 0 spiro atoms. The van der Waals surface area contributed by atoms with Crippen molar-refractivity contribution < 1.29 is 8.42 Å². The summed E-state index contributed by atoms with van der Waals surface area (Å²) in [4.78, 5) is 0.333. The fourth-order valence-electron chi connectivity index (χ4n) is 3.72. The van der Waals surface area contributed by atoms with Crippen LogP contribution in [0.1, 0.15) is 38.5 Å². The maximum Gasteiger partial charge on any atom is 0.246 e. The van der Waals surface area contributed by atoms with Crippen LogP contribution in [0.25, 0.3) is 0 Å². The van der Waals surface area contributed by atoms with E-state index in [1.165, 1.54) is 19.0 Å². The van der Waals surface area contributed by atoms with Gasteiger partial charge < -0.3 is 0 Å². The molecule has 108 valence electrons. The van der Waals surface area contributed by atoms with Gasteiger partial charge in [0, 0.05) is 25.3 Å². The van der Waals surface area contributed by atoms with E-state index in [1.807, 2.05) is 0 Å². The number of hydrogen-bond donors (Lipinski definition) is 0. The van der Waals surface area contributed by atoms with E-state index in [9.17, 15) is 8.42 Å². The molecule has 2 bridgehead atoms. The number of nitrogens with zero attached hydrogens (tertiary/aromatic N) is 3. The van der Waals surface area contributed by atoms with Gasteiger partial charge in [-0.2, -0.15) is 9.40 Å². The van der Waals surface area contributed by atoms with Crippen molar-refractivity contribution in [3.8, 4) is 0 Å². The van der Waals surface area contributed by atoms with Crippen LogP contribution in [-0.4, -0.2) is 34.6 Å². The first-order valence-corrected chi connectivity index (χ1v) is 8.71. The van der Waals surface area contributed by atoms with Crippen LogP contribution in [0.3, 0.4) is 0 Å². The van der Waals surface area contributed by atoms with E-state index in [4.69, 9.17) is 0 Å². The highest BCUT2D eigenvalue weighted by atomic mass is 32.2. The quantitative estimate of drug-likeness (QED) is 0.782. The average molecular weight is 293 g/mol. The summed E-state index contributed by atoms with van der Waals surface area (Å²) in [7, 11) is -1.63. The van der Waals surface area contributed by atoms with Crippen LogP contribution < -0.4 is 0 Å². The predicted octanol–water partition coefficient (Wildman–Crippen LogP) is 1.83. The minimum Gasteiger partial charge on any atom is -0.274 e. The van der Waals surface area contributed by atoms with Crippen molar-refractivity contribution in [3.63, 3.8) is 0 Å². The summed E-state index contributed by atoms with van der Waals surface area (Å²) < 4.78 is 28.9. The monoisotopic (exact) mass is 293 g/mol. The summed E-state index contributed by atoms with van der Waals surface area (Å²) in [6, 6.07) is 0.337. The van der Waals surface area contributed by atoms with Gasteiger partial charge in [0.05, 0.1) is 6.20 Å². The van der Waals surface area contributed by atoms with Crippen molar-refractivity contribution >= 4 is 10.0 Å². The lowest BCUT2D eigenvalue weighted by atomic mass is 9.98. The molecule has 0 N–H and O–H groups in total. The van der Waals surface area contributed by atoms with E-state index in [-0.39, 0.29) is 12.1 Å². The minimum atomic E-state index is -3.38. The molecule has 2 saturated heterocycles. The van der Waals surface area contributed by atoms with Crippen molar-refractivity contribution in [2.24, 2.45) is 7.05 Å². The molecule has 1 aromatic rings. The Morgan fingerprint density at radius 1 is 1.15 bits per heavy atom. The van der Waals surface area contributed by atoms with E-state index in [1.54, 1.807) is 33.4 Å². The first-order valence-electron chi connectivity index (χ1n) is 7.27. The van der Waals surface area contributed by atoms with Crippen molar-refractivity contribution in [1.82, 2.24) is 14.1 Å². The fourth-order valence-corrected chi connectivity index (χ4v) is 5.58. The third kappa shape index (κ3) is 1.85. The predicted molar refractivity (Wildman–Crippen MR) is 74.5 cm³/mol. The highest BCUT2D eigenvalue weighted by molar-refractivity contribution is 7.89. The molecule has 20 heavy (non-hydrogen) atoms. The molecule has 0 aromatic carbocycles. The van der Waals surface area contributed by atoms with Crippen molar-refractivity contribution in [2.45, 2.75) is 55.5 Å². The summed E-state index contributed by atoms with van der Waals surface area (Å²) in [6.45, 7) is 0. The molecular weight excluding hydrogens is 274 g/mol. The molecule has 1 aromatic heterocycles. The van der Waals surface area contributed by atoms with Crippen LogP contribution in [0.2, 0.25) is 0 Å². The van der Waals surface area contributed by atoms with Gasteiger partial charge in [-0.25, -0.2) is 8.42 Å². The van der Waals surface area contributed by atoms with Crippen LogP contribution in [0.4, 0.5) is 0 Å². The molecule has 0 amide bonds. The molecule has 3 fully saturated rings. The highest BCUT2D eigenvalue weighted by Crippen LogP contribution is 2.46. The zero-order chi connectivity index (χ0) is 13.9. The zero-order valence-electron chi connectivity index (χ0n) is 11.6. The van der Waals surface area contributed by atoms with Crippen LogP contribution in [0.15, 0.2) is 28.4 Å². The molecule has 2 atom stereocenters.